The standard InChI is InChI=1S/C14H9Cl2N3O5/c15-9-5-11(16)13(17-6-9)18-12(20)7-24-14(21)8-1-3-10(4-2-8)19(22)23/h1-6H,7H2,(H,17,18,20). The van der Waals surface area contributed by atoms with Crippen molar-refractivity contribution in [1.29, 1.82) is 0 Å². The van der Waals surface area contributed by atoms with E-state index >= 15 is 0 Å². The number of nitrogens with zero attached hydrogens (tertiary/aromatic N) is 2. The first-order valence-electron chi connectivity index (χ1n) is 6.39. The molecule has 10 heteroatoms. The van der Waals surface area contributed by atoms with Crippen LogP contribution in [0, 0.1) is 10.1 Å². The Bertz CT molecular complexity index is 795. The molecule has 0 aliphatic rings. The van der Waals surface area contributed by atoms with Crippen LogP contribution in [-0.2, 0) is 9.53 Å². The Morgan fingerprint density at radius 2 is 1.92 bits per heavy atom. The van der Waals surface area contributed by atoms with Gasteiger partial charge in [0, 0.05) is 18.3 Å². The van der Waals surface area contributed by atoms with E-state index in [1.807, 2.05) is 0 Å². The number of rotatable bonds is 5. The second kappa shape index (κ2) is 7.71. The highest BCUT2D eigenvalue weighted by atomic mass is 35.5. The molecule has 0 radical (unpaired) electrons. The van der Waals surface area contributed by atoms with Gasteiger partial charge >= 0.3 is 5.97 Å². The van der Waals surface area contributed by atoms with E-state index in [4.69, 9.17) is 27.9 Å². The Labute approximate surface area is 145 Å². The average Bonchev–Trinajstić information content (AvgIpc) is 2.55. The topological polar surface area (TPSA) is 111 Å². The molecule has 0 fully saturated rings. The number of hydrogen-bond donors (Lipinski definition) is 1. The van der Waals surface area contributed by atoms with Gasteiger partial charge in [-0.3, -0.25) is 14.9 Å². The van der Waals surface area contributed by atoms with Crippen LogP contribution >= 0.6 is 23.2 Å². The van der Waals surface area contributed by atoms with Gasteiger partial charge in [0.05, 0.1) is 20.5 Å². The lowest BCUT2D eigenvalue weighted by molar-refractivity contribution is -0.384. The van der Waals surface area contributed by atoms with E-state index in [2.05, 4.69) is 10.3 Å². The smallest absolute Gasteiger partial charge is 0.338 e. The molecule has 0 aliphatic carbocycles. The fraction of sp³-hybridized carbons (Fsp3) is 0.0714. The van der Waals surface area contributed by atoms with Crippen molar-refractivity contribution in [2.24, 2.45) is 0 Å². The summed E-state index contributed by atoms with van der Waals surface area (Å²) in [7, 11) is 0. The zero-order valence-corrected chi connectivity index (χ0v) is 13.4. The molecule has 0 bridgehead atoms. The summed E-state index contributed by atoms with van der Waals surface area (Å²) in [6.45, 7) is -0.573. The number of nitrogens with one attached hydrogen (secondary N) is 1. The van der Waals surface area contributed by atoms with E-state index in [0.29, 0.717) is 5.02 Å². The Morgan fingerprint density at radius 1 is 1.25 bits per heavy atom. The fourth-order valence-electron chi connectivity index (χ4n) is 1.61. The molecule has 0 aliphatic heterocycles. The van der Waals surface area contributed by atoms with Gasteiger partial charge in [0.25, 0.3) is 11.6 Å². The molecule has 1 aromatic carbocycles. The summed E-state index contributed by atoms with van der Waals surface area (Å²) in [5.41, 5.74) is -0.0798. The largest absolute Gasteiger partial charge is 0.452 e. The summed E-state index contributed by atoms with van der Waals surface area (Å²) in [5.74, 6) is -1.37. The summed E-state index contributed by atoms with van der Waals surface area (Å²) in [6, 6.07) is 6.18. The Kier molecular flexibility index (Phi) is 5.67. The molecule has 0 spiro atoms. The van der Waals surface area contributed by atoms with Crippen LogP contribution in [0.2, 0.25) is 10.0 Å². The molecule has 8 nitrogen and oxygen atoms in total. The van der Waals surface area contributed by atoms with Gasteiger partial charge in [0.15, 0.2) is 12.4 Å². The number of esters is 1. The predicted molar refractivity (Wildman–Crippen MR) is 86.3 cm³/mol. The van der Waals surface area contributed by atoms with Crippen LogP contribution in [0.1, 0.15) is 10.4 Å². The van der Waals surface area contributed by atoms with E-state index in [9.17, 15) is 19.7 Å². The Morgan fingerprint density at radius 3 is 2.50 bits per heavy atom. The van der Waals surface area contributed by atoms with Gasteiger partial charge in [0.2, 0.25) is 0 Å². The highest BCUT2D eigenvalue weighted by Crippen LogP contribution is 2.22. The van der Waals surface area contributed by atoms with Crippen LogP contribution in [0.3, 0.4) is 0 Å². The quantitative estimate of drug-likeness (QED) is 0.492. The number of carbonyl (C=O) groups excluding carboxylic acids is 2. The maximum absolute atomic E-state index is 11.8. The molecule has 124 valence electrons. The summed E-state index contributed by atoms with van der Waals surface area (Å²) in [5, 5.41) is 13.3. The molecule has 2 aromatic rings. The molecule has 0 unspecified atom stereocenters. The summed E-state index contributed by atoms with van der Waals surface area (Å²) >= 11 is 11.5. The van der Waals surface area contributed by atoms with E-state index in [0.717, 1.165) is 12.1 Å². The van der Waals surface area contributed by atoms with Crippen molar-refractivity contribution in [2.75, 3.05) is 11.9 Å². The van der Waals surface area contributed by atoms with Crippen LogP contribution in [0.15, 0.2) is 36.5 Å². The lowest BCUT2D eigenvalue weighted by Crippen LogP contribution is -2.21. The van der Waals surface area contributed by atoms with Crippen LogP contribution < -0.4 is 5.32 Å². The van der Waals surface area contributed by atoms with Crippen molar-refractivity contribution in [1.82, 2.24) is 4.98 Å². The normalized spacial score (nSPS) is 10.1. The average molecular weight is 370 g/mol. The number of benzene rings is 1. The fourth-order valence-corrected chi connectivity index (χ4v) is 2.04. The minimum absolute atomic E-state index is 0.0797. The van der Waals surface area contributed by atoms with Gasteiger partial charge in [-0.1, -0.05) is 23.2 Å². The van der Waals surface area contributed by atoms with Crippen molar-refractivity contribution in [3.8, 4) is 0 Å². The highest BCUT2D eigenvalue weighted by Gasteiger charge is 2.13. The minimum Gasteiger partial charge on any atom is -0.452 e. The van der Waals surface area contributed by atoms with Gasteiger partial charge in [-0.2, -0.15) is 0 Å². The number of nitro groups is 1. The SMILES string of the molecule is O=C(COC(=O)c1ccc([N+](=O)[O-])cc1)Nc1ncc(Cl)cc1Cl. The third kappa shape index (κ3) is 4.64. The van der Waals surface area contributed by atoms with Gasteiger partial charge < -0.3 is 10.1 Å². The third-order valence-corrected chi connectivity index (χ3v) is 3.21. The minimum atomic E-state index is -0.796. The summed E-state index contributed by atoms with van der Waals surface area (Å²) in [6.07, 6.45) is 1.30. The first-order valence-corrected chi connectivity index (χ1v) is 7.15. The lowest BCUT2D eigenvalue weighted by Gasteiger charge is -2.07. The van der Waals surface area contributed by atoms with E-state index < -0.39 is 23.4 Å². The van der Waals surface area contributed by atoms with Gasteiger partial charge in [-0.05, 0) is 18.2 Å². The molecular formula is C14H9Cl2N3O5. The first kappa shape index (κ1) is 17.6. The number of carbonyl (C=O) groups is 2. The number of hydrogen-bond acceptors (Lipinski definition) is 6. The molecule has 0 saturated carbocycles. The molecule has 1 heterocycles. The van der Waals surface area contributed by atoms with Crippen LogP contribution in [0.25, 0.3) is 0 Å². The molecule has 1 N–H and O–H groups in total. The van der Waals surface area contributed by atoms with Crippen molar-refractivity contribution < 1.29 is 19.2 Å². The van der Waals surface area contributed by atoms with Crippen LogP contribution in [0.4, 0.5) is 11.5 Å². The molecule has 24 heavy (non-hydrogen) atoms. The Balaban J connectivity index is 1.91. The summed E-state index contributed by atoms with van der Waals surface area (Å²) < 4.78 is 4.81. The van der Waals surface area contributed by atoms with Crippen molar-refractivity contribution >= 4 is 46.6 Å². The highest BCUT2D eigenvalue weighted by molar-refractivity contribution is 6.36. The number of amides is 1. The van der Waals surface area contributed by atoms with E-state index in [-0.39, 0.29) is 22.1 Å². The molecule has 1 aromatic heterocycles. The lowest BCUT2D eigenvalue weighted by atomic mass is 10.2. The number of pyridine rings is 1. The molecule has 1 amide bonds. The van der Waals surface area contributed by atoms with E-state index in [1.165, 1.54) is 24.4 Å². The Hall–Kier alpha value is -2.71. The maximum atomic E-state index is 11.8. The molecule has 0 atom stereocenters. The number of nitro benzene ring substituents is 1. The first-order chi connectivity index (χ1) is 11.4. The van der Waals surface area contributed by atoms with Gasteiger partial charge in [-0.15, -0.1) is 0 Å². The number of aromatic nitrogens is 1. The maximum Gasteiger partial charge on any atom is 0.338 e. The van der Waals surface area contributed by atoms with Crippen LogP contribution in [-0.4, -0.2) is 28.4 Å². The van der Waals surface area contributed by atoms with Gasteiger partial charge in [0.1, 0.15) is 0 Å². The molecule has 0 saturated heterocycles. The van der Waals surface area contributed by atoms with Gasteiger partial charge in [-0.25, -0.2) is 9.78 Å². The summed E-state index contributed by atoms with van der Waals surface area (Å²) in [4.78, 5) is 37.3. The zero-order valence-electron chi connectivity index (χ0n) is 11.9. The zero-order chi connectivity index (χ0) is 17.7. The molecular weight excluding hydrogens is 361 g/mol. The van der Waals surface area contributed by atoms with Crippen molar-refractivity contribution in [2.45, 2.75) is 0 Å². The van der Waals surface area contributed by atoms with Crippen molar-refractivity contribution in [3.05, 3.63) is 62.3 Å². The third-order valence-electron chi connectivity index (χ3n) is 2.71. The number of ether oxygens (including phenoxy) is 1. The number of non-ortho nitro benzene ring substituents is 1. The van der Waals surface area contributed by atoms with Crippen molar-refractivity contribution in [3.63, 3.8) is 0 Å². The predicted octanol–water partition coefficient (Wildman–Crippen LogP) is 3.09. The van der Waals surface area contributed by atoms with Crippen LogP contribution in [0.5, 0.6) is 0 Å². The number of halogens is 2. The van der Waals surface area contributed by atoms with E-state index in [1.54, 1.807) is 0 Å². The molecule has 2 rings (SSSR count). The monoisotopic (exact) mass is 369 g/mol. The number of anilines is 1. The second-order valence-corrected chi connectivity index (χ2v) is 5.26. The second-order valence-electron chi connectivity index (χ2n) is 4.41.